The van der Waals surface area contributed by atoms with Crippen LogP contribution in [0.1, 0.15) is 11.3 Å². The number of rotatable bonds is 1. The monoisotopic (exact) mass is 255 g/mol. The van der Waals surface area contributed by atoms with E-state index in [0.29, 0.717) is 5.56 Å². The highest BCUT2D eigenvalue weighted by Gasteiger charge is 2.35. The molecule has 0 spiro atoms. The van der Waals surface area contributed by atoms with Gasteiger partial charge in [-0.25, -0.2) is 4.39 Å². The van der Waals surface area contributed by atoms with Gasteiger partial charge in [0.15, 0.2) is 5.69 Å². The van der Waals surface area contributed by atoms with Gasteiger partial charge in [-0.2, -0.15) is 13.2 Å². The SMILES string of the molecule is Cc1cccc(-c2cccnc2C(F)(F)F)c1F. The van der Waals surface area contributed by atoms with Crippen LogP contribution in [0.4, 0.5) is 17.6 Å². The van der Waals surface area contributed by atoms with Gasteiger partial charge in [-0.1, -0.05) is 24.3 Å². The number of hydrogen-bond acceptors (Lipinski definition) is 1. The largest absolute Gasteiger partial charge is 0.433 e. The average Bonchev–Trinajstić information content (AvgIpc) is 2.32. The molecule has 0 atom stereocenters. The lowest BCUT2D eigenvalue weighted by atomic mass is 10.0. The zero-order valence-electron chi connectivity index (χ0n) is 9.42. The van der Waals surface area contributed by atoms with Crippen LogP contribution in [0.5, 0.6) is 0 Å². The van der Waals surface area contributed by atoms with Gasteiger partial charge >= 0.3 is 6.18 Å². The molecule has 0 amide bonds. The lowest BCUT2D eigenvalue weighted by Crippen LogP contribution is -2.10. The van der Waals surface area contributed by atoms with E-state index in [1.165, 1.54) is 37.3 Å². The van der Waals surface area contributed by atoms with Crippen LogP contribution >= 0.6 is 0 Å². The fourth-order valence-electron chi connectivity index (χ4n) is 1.70. The molecule has 0 bridgehead atoms. The molecule has 0 saturated carbocycles. The van der Waals surface area contributed by atoms with Crippen molar-refractivity contribution in [3.8, 4) is 11.1 Å². The Morgan fingerprint density at radius 3 is 2.33 bits per heavy atom. The Bertz CT molecular complexity index is 575. The second kappa shape index (κ2) is 4.40. The number of hydrogen-bond donors (Lipinski definition) is 0. The normalized spacial score (nSPS) is 11.6. The molecule has 1 heterocycles. The number of aromatic nitrogens is 1. The first kappa shape index (κ1) is 12.5. The molecule has 2 rings (SSSR count). The topological polar surface area (TPSA) is 12.9 Å². The molecule has 1 nitrogen and oxygen atoms in total. The maximum Gasteiger partial charge on any atom is 0.433 e. The van der Waals surface area contributed by atoms with Gasteiger partial charge in [-0.3, -0.25) is 4.98 Å². The number of benzene rings is 1. The summed E-state index contributed by atoms with van der Waals surface area (Å²) in [4.78, 5) is 3.31. The zero-order valence-corrected chi connectivity index (χ0v) is 9.42. The van der Waals surface area contributed by atoms with Crippen LogP contribution in [0, 0.1) is 12.7 Å². The predicted octanol–water partition coefficient (Wildman–Crippen LogP) is 4.21. The number of aryl methyl sites for hydroxylation is 1. The van der Waals surface area contributed by atoms with Crippen LogP contribution in [0.2, 0.25) is 0 Å². The van der Waals surface area contributed by atoms with Crippen molar-refractivity contribution in [3.05, 3.63) is 53.6 Å². The molecule has 0 saturated heterocycles. The highest BCUT2D eigenvalue weighted by Crippen LogP contribution is 2.36. The molecule has 94 valence electrons. The van der Waals surface area contributed by atoms with Crippen LogP contribution in [-0.4, -0.2) is 4.98 Å². The van der Waals surface area contributed by atoms with Gasteiger partial charge in [0, 0.05) is 17.3 Å². The van der Waals surface area contributed by atoms with Gasteiger partial charge in [-0.15, -0.1) is 0 Å². The van der Waals surface area contributed by atoms with E-state index in [1.807, 2.05) is 0 Å². The Balaban J connectivity index is 2.69. The van der Waals surface area contributed by atoms with E-state index in [-0.39, 0.29) is 11.1 Å². The Morgan fingerprint density at radius 1 is 1.00 bits per heavy atom. The second-order valence-electron chi connectivity index (χ2n) is 3.83. The summed E-state index contributed by atoms with van der Waals surface area (Å²) in [7, 11) is 0. The predicted molar refractivity (Wildman–Crippen MR) is 59.4 cm³/mol. The molecule has 1 aromatic heterocycles. The molecular weight excluding hydrogens is 246 g/mol. The van der Waals surface area contributed by atoms with Gasteiger partial charge in [-0.05, 0) is 18.6 Å². The average molecular weight is 255 g/mol. The van der Waals surface area contributed by atoms with E-state index in [1.54, 1.807) is 0 Å². The highest BCUT2D eigenvalue weighted by atomic mass is 19.4. The lowest BCUT2D eigenvalue weighted by Gasteiger charge is -2.12. The fourth-order valence-corrected chi connectivity index (χ4v) is 1.70. The summed E-state index contributed by atoms with van der Waals surface area (Å²) in [6.45, 7) is 1.50. The molecule has 0 unspecified atom stereocenters. The molecule has 1 aromatic carbocycles. The number of nitrogens with zero attached hydrogens (tertiary/aromatic N) is 1. The van der Waals surface area contributed by atoms with Crippen LogP contribution in [0.3, 0.4) is 0 Å². The van der Waals surface area contributed by atoms with Crippen molar-refractivity contribution in [1.29, 1.82) is 0 Å². The maximum atomic E-state index is 13.9. The third kappa shape index (κ3) is 2.20. The van der Waals surface area contributed by atoms with Crippen molar-refractivity contribution in [1.82, 2.24) is 4.98 Å². The van der Waals surface area contributed by atoms with Gasteiger partial charge in [0.1, 0.15) is 5.82 Å². The third-order valence-corrected chi connectivity index (χ3v) is 2.56. The fraction of sp³-hybridized carbons (Fsp3) is 0.154. The van der Waals surface area contributed by atoms with Crippen molar-refractivity contribution >= 4 is 0 Å². The van der Waals surface area contributed by atoms with Crippen molar-refractivity contribution in [2.45, 2.75) is 13.1 Å². The van der Waals surface area contributed by atoms with Crippen LogP contribution in [0.15, 0.2) is 36.5 Å². The zero-order chi connectivity index (χ0) is 13.3. The van der Waals surface area contributed by atoms with E-state index < -0.39 is 17.7 Å². The van der Waals surface area contributed by atoms with Gasteiger partial charge in [0.25, 0.3) is 0 Å². The van der Waals surface area contributed by atoms with Crippen LogP contribution in [-0.2, 0) is 6.18 Å². The molecule has 0 fully saturated rings. The van der Waals surface area contributed by atoms with Gasteiger partial charge in [0.05, 0.1) is 0 Å². The minimum atomic E-state index is -4.60. The standard InChI is InChI=1S/C13H9F4N/c1-8-4-2-5-9(11(8)14)10-6-3-7-18-12(10)13(15,16)17/h2-7H,1H3. The minimum Gasteiger partial charge on any atom is -0.251 e. The summed E-state index contributed by atoms with van der Waals surface area (Å²) in [6, 6.07) is 6.90. The summed E-state index contributed by atoms with van der Waals surface area (Å²) in [6.07, 6.45) is -3.56. The molecule has 5 heteroatoms. The first-order chi connectivity index (χ1) is 8.41. The summed E-state index contributed by atoms with van der Waals surface area (Å²) in [5.41, 5.74) is -1.11. The summed E-state index contributed by atoms with van der Waals surface area (Å²) >= 11 is 0. The quantitative estimate of drug-likeness (QED) is 0.695. The Morgan fingerprint density at radius 2 is 1.67 bits per heavy atom. The van der Waals surface area contributed by atoms with E-state index in [2.05, 4.69) is 4.98 Å². The third-order valence-electron chi connectivity index (χ3n) is 2.56. The Hall–Kier alpha value is -1.91. The number of halogens is 4. The first-order valence-electron chi connectivity index (χ1n) is 5.19. The van der Waals surface area contributed by atoms with Crippen molar-refractivity contribution in [3.63, 3.8) is 0 Å². The van der Waals surface area contributed by atoms with Crippen LogP contribution < -0.4 is 0 Å². The summed E-state index contributed by atoms with van der Waals surface area (Å²) < 4.78 is 52.2. The maximum absolute atomic E-state index is 13.9. The van der Waals surface area contributed by atoms with Crippen molar-refractivity contribution in [2.75, 3.05) is 0 Å². The number of alkyl halides is 3. The van der Waals surface area contributed by atoms with E-state index in [4.69, 9.17) is 0 Å². The lowest BCUT2D eigenvalue weighted by molar-refractivity contribution is -0.140. The molecule has 0 aliphatic heterocycles. The smallest absolute Gasteiger partial charge is 0.251 e. The van der Waals surface area contributed by atoms with E-state index in [0.717, 1.165) is 6.20 Å². The molecule has 0 aliphatic carbocycles. The molecule has 0 N–H and O–H groups in total. The summed E-state index contributed by atoms with van der Waals surface area (Å²) in [5, 5.41) is 0. The van der Waals surface area contributed by atoms with Crippen molar-refractivity contribution < 1.29 is 17.6 Å². The Kier molecular flexibility index (Phi) is 3.07. The van der Waals surface area contributed by atoms with Gasteiger partial charge < -0.3 is 0 Å². The van der Waals surface area contributed by atoms with Gasteiger partial charge in [0.2, 0.25) is 0 Å². The highest BCUT2D eigenvalue weighted by molar-refractivity contribution is 5.67. The van der Waals surface area contributed by atoms with Crippen molar-refractivity contribution in [2.24, 2.45) is 0 Å². The second-order valence-corrected chi connectivity index (χ2v) is 3.83. The van der Waals surface area contributed by atoms with Crippen LogP contribution in [0.25, 0.3) is 11.1 Å². The molecule has 0 radical (unpaired) electrons. The van der Waals surface area contributed by atoms with E-state index in [9.17, 15) is 17.6 Å². The Labute approximate surface area is 101 Å². The molecule has 0 aliphatic rings. The first-order valence-corrected chi connectivity index (χ1v) is 5.19. The minimum absolute atomic E-state index is 0.0876. The number of pyridine rings is 1. The molecule has 18 heavy (non-hydrogen) atoms. The van der Waals surface area contributed by atoms with E-state index >= 15 is 0 Å². The molecular formula is C13H9F4N. The summed E-state index contributed by atoms with van der Waals surface area (Å²) in [5.74, 6) is -0.656. The molecule has 2 aromatic rings.